The van der Waals surface area contributed by atoms with Crippen molar-refractivity contribution in [3.05, 3.63) is 48.0 Å². The largest absolute Gasteiger partial charge is 0.492 e. The highest BCUT2D eigenvalue weighted by atomic mass is 32.2. The van der Waals surface area contributed by atoms with Crippen molar-refractivity contribution < 1.29 is 34.7 Å². The zero-order valence-electron chi connectivity index (χ0n) is 17.1. The number of anilines is 1. The summed E-state index contributed by atoms with van der Waals surface area (Å²) in [5.41, 5.74) is -1.14. The lowest BCUT2D eigenvalue weighted by Crippen LogP contribution is -2.30. The Hall–Kier alpha value is -2.31. The third-order valence-corrected chi connectivity index (χ3v) is 7.76. The molecule has 2 aromatic carbocycles. The molecule has 0 saturated heterocycles. The van der Waals surface area contributed by atoms with Gasteiger partial charge in [-0.25, -0.2) is 16.8 Å². The van der Waals surface area contributed by atoms with Gasteiger partial charge in [0.25, 0.3) is 10.0 Å². The minimum atomic E-state index is -4.61. The van der Waals surface area contributed by atoms with Gasteiger partial charge in [-0.05, 0) is 49.4 Å². The monoisotopic (exact) mass is 480 g/mol. The van der Waals surface area contributed by atoms with Crippen molar-refractivity contribution in [3.8, 4) is 5.75 Å². The van der Waals surface area contributed by atoms with Gasteiger partial charge in [0, 0.05) is 13.1 Å². The summed E-state index contributed by atoms with van der Waals surface area (Å²) in [6, 6.07) is 6.70. The second-order valence-corrected chi connectivity index (χ2v) is 9.93. The van der Waals surface area contributed by atoms with Crippen LogP contribution in [0.3, 0.4) is 0 Å². The maximum absolute atomic E-state index is 12.8. The molecule has 0 bridgehead atoms. The minimum Gasteiger partial charge on any atom is -0.492 e. The highest BCUT2D eigenvalue weighted by Crippen LogP contribution is 2.33. The normalized spacial score (nSPS) is 12.7. The molecule has 31 heavy (non-hydrogen) atoms. The van der Waals surface area contributed by atoms with Crippen LogP contribution in [0.5, 0.6) is 5.75 Å². The zero-order valence-corrected chi connectivity index (χ0v) is 18.7. The maximum atomic E-state index is 12.8. The van der Waals surface area contributed by atoms with E-state index in [1.807, 2.05) is 0 Å². The van der Waals surface area contributed by atoms with Gasteiger partial charge < -0.3 is 4.74 Å². The van der Waals surface area contributed by atoms with Crippen LogP contribution in [0, 0.1) is 0 Å². The Morgan fingerprint density at radius 3 is 1.94 bits per heavy atom. The Balaban J connectivity index is 2.48. The Morgan fingerprint density at radius 1 is 0.903 bits per heavy atom. The highest BCUT2D eigenvalue weighted by Gasteiger charge is 2.31. The van der Waals surface area contributed by atoms with E-state index >= 15 is 0 Å². The number of benzene rings is 2. The molecule has 12 heteroatoms. The van der Waals surface area contributed by atoms with Crippen molar-refractivity contribution >= 4 is 25.7 Å². The Morgan fingerprint density at radius 2 is 1.45 bits per heavy atom. The van der Waals surface area contributed by atoms with Crippen LogP contribution in [0.1, 0.15) is 26.3 Å². The quantitative estimate of drug-likeness (QED) is 0.587. The van der Waals surface area contributed by atoms with E-state index in [2.05, 4.69) is 4.72 Å². The number of halogens is 3. The molecule has 0 fully saturated rings. The number of nitrogens with one attached hydrogen (secondary N) is 1. The summed E-state index contributed by atoms with van der Waals surface area (Å²) in [5.74, 6) is 0.0801. The van der Waals surface area contributed by atoms with Gasteiger partial charge in [-0.3, -0.25) is 4.72 Å². The third kappa shape index (κ3) is 5.69. The molecule has 0 aliphatic carbocycles. The van der Waals surface area contributed by atoms with Gasteiger partial charge in [-0.2, -0.15) is 17.5 Å². The van der Waals surface area contributed by atoms with Crippen molar-refractivity contribution in [1.82, 2.24) is 4.31 Å². The summed E-state index contributed by atoms with van der Waals surface area (Å²) in [6.07, 6.45) is -4.61. The fraction of sp³-hybridized carbons (Fsp3) is 0.368. The van der Waals surface area contributed by atoms with Gasteiger partial charge in [-0.1, -0.05) is 13.8 Å². The average Bonchev–Trinajstić information content (AvgIpc) is 2.69. The van der Waals surface area contributed by atoms with Crippen molar-refractivity contribution in [3.63, 3.8) is 0 Å². The van der Waals surface area contributed by atoms with Crippen LogP contribution in [-0.4, -0.2) is 40.8 Å². The molecule has 1 N–H and O–H groups in total. The zero-order chi connectivity index (χ0) is 23.4. The number of nitrogens with zero attached hydrogens (tertiary/aromatic N) is 1. The van der Waals surface area contributed by atoms with Gasteiger partial charge in [0.1, 0.15) is 5.75 Å². The maximum Gasteiger partial charge on any atom is 0.416 e. The van der Waals surface area contributed by atoms with Gasteiger partial charge in [-0.15, -0.1) is 0 Å². The van der Waals surface area contributed by atoms with E-state index in [0.29, 0.717) is 12.1 Å². The summed E-state index contributed by atoms with van der Waals surface area (Å²) >= 11 is 0. The number of hydrogen-bond donors (Lipinski definition) is 1. The van der Waals surface area contributed by atoms with Gasteiger partial charge in [0.05, 0.1) is 27.6 Å². The van der Waals surface area contributed by atoms with E-state index in [-0.39, 0.29) is 36.0 Å². The van der Waals surface area contributed by atoms with Gasteiger partial charge >= 0.3 is 6.18 Å². The molecule has 0 radical (unpaired) electrons. The molecule has 0 spiro atoms. The van der Waals surface area contributed by atoms with Crippen LogP contribution in [0.25, 0.3) is 0 Å². The lowest BCUT2D eigenvalue weighted by Gasteiger charge is -2.20. The van der Waals surface area contributed by atoms with Crippen LogP contribution >= 0.6 is 0 Å². The first-order valence-corrected chi connectivity index (χ1v) is 12.3. The standard InChI is InChI=1S/C19H23F3N2O5S2/c1-4-24(5-2)31(27,28)16-11-12-18(29-6-3)17(13-16)23-30(25,26)15-9-7-14(8-10-15)19(20,21)22/h7-13,23H,4-6H2,1-3H3. The summed E-state index contributed by atoms with van der Waals surface area (Å²) < 4.78 is 98.0. The molecular formula is C19H23F3N2O5S2. The second kappa shape index (κ2) is 9.45. The molecule has 0 aliphatic rings. The molecule has 172 valence electrons. The van der Waals surface area contributed by atoms with Crippen molar-refractivity contribution in [2.75, 3.05) is 24.4 Å². The molecule has 0 heterocycles. The SMILES string of the molecule is CCOc1ccc(S(=O)(=O)N(CC)CC)cc1NS(=O)(=O)c1ccc(C(F)(F)F)cc1. The van der Waals surface area contributed by atoms with E-state index in [1.165, 1.54) is 16.4 Å². The van der Waals surface area contributed by atoms with E-state index in [4.69, 9.17) is 4.74 Å². The molecule has 0 amide bonds. The van der Waals surface area contributed by atoms with E-state index in [1.54, 1.807) is 20.8 Å². The summed E-state index contributed by atoms with van der Waals surface area (Å²) in [6.45, 7) is 5.62. The van der Waals surface area contributed by atoms with Gasteiger partial charge in [0.15, 0.2) is 0 Å². The van der Waals surface area contributed by atoms with Crippen LogP contribution in [0.4, 0.5) is 18.9 Å². The van der Waals surface area contributed by atoms with Crippen LogP contribution in [0.15, 0.2) is 52.3 Å². The molecular weight excluding hydrogens is 457 g/mol. The fourth-order valence-corrected chi connectivity index (χ4v) is 5.32. The molecule has 0 aromatic heterocycles. The van der Waals surface area contributed by atoms with Gasteiger partial charge in [0.2, 0.25) is 10.0 Å². The first-order chi connectivity index (χ1) is 14.4. The second-order valence-electron chi connectivity index (χ2n) is 6.31. The van der Waals surface area contributed by atoms with Crippen LogP contribution in [0.2, 0.25) is 0 Å². The summed E-state index contributed by atoms with van der Waals surface area (Å²) in [5, 5.41) is 0. The predicted octanol–water partition coefficient (Wildman–Crippen LogP) is 3.94. The van der Waals surface area contributed by atoms with Crippen molar-refractivity contribution in [2.45, 2.75) is 36.7 Å². The summed E-state index contributed by atoms with van der Waals surface area (Å²) in [4.78, 5) is -0.565. The highest BCUT2D eigenvalue weighted by molar-refractivity contribution is 7.92. The number of alkyl halides is 3. The predicted molar refractivity (Wildman–Crippen MR) is 110 cm³/mol. The molecule has 0 unspecified atom stereocenters. The Bertz CT molecular complexity index is 1110. The smallest absolute Gasteiger partial charge is 0.416 e. The number of sulfonamides is 2. The van der Waals surface area contributed by atoms with Crippen LogP contribution < -0.4 is 9.46 Å². The molecule has 2 rings (SSSR count). The van der Waals surface area contributed by atoms with Crippen molar-refractivity contribution in [2.24, 2.45) is 0 Å². The minimum absolute atomic E-state index is 0.0801. The third-order valence-electron chi connectivity index (χ3n) is 4.33. The first kappa shape index (κ1) is 25.0. The van der Waals surface area contributed by atoms with E-state index in [0.717, 1.165) is 18.2 Å². The van der Waals surface area contributed by atoms with E-state index in [9.17, 15) is 30.0 Å². The molecule has 0 aliphatic heterocycles. The fourth-order valence-electron chi connectivity index (χ4n) is 2.77. The summed E-state index contributed by atoms with van der Waals surface area (Å²) in [7, 11) is -8.20. The lowest BCUT2D eigenvalue weighted by atomic mass is 10.2. The first-order valence-electron chi connectivity index (χ1n) is 9.33. The van der Waals surface area contributed by atoms with E-state index < -0.39 is 36.7 Å². The Labute approximate surface area is 179 Å². The Kier molecular flexibility index (Phi) is 7.61. The molecule has 0 atom stereocenters. The van der Waals surface area contributed by atoms with Crippen LogP contribution in [-0.2, 0) is 26.2 Å². The molecule has 0 saturated carbocycles. The number of ether oxygens (including phenoxy) is 1. The number of hydrogen-bond acceptors (Lipinski definition) is 5. The average molecular weight is 481 g/mol. The lowest BCUT2D eigenvalue weighted by molar-refractivity contribution is -0.137. The van der Waals surface area contributed by atoms with Crippen molar-refractivity contribution in [1.29, 1.82) is 0 Å². The number of rotatable bonds is 9. The molecule has 2 aromatic rings. The topological polar surface area (TPSA) is 92.8 Å². The molecule has 7 nitrogen and oxygen atoms in total.